The van der Waals surface area contributed by atoms with Crippen LogP contribution in [0.25, 0.3) is 55.6 Å². The summed E-state index contributed by atoms with van der Waals surface area (Å²) in [6.07, 6.45) is 0. The monoisotopic (exact) mass is 1120 g/mol. The van der Waals surface area contributed by atoms with E-state index in [9.17, 15) is 0 Å². The Labute approximate surface area is 515 Å². The van der Waals surface area contributed by atoms with Gasteiger partial charge in [-0.15, -0.1) is 0 Å². The standard InChI is InChI=1S/C86H60N2/c1-8-28-61(29-9-1)64-58-65(62-50-54-73(55-51-62)87(71-38-18-6-19-39-71)81-48-26-44-77-75-42-22-24-46-79(75)85(83(77)81,67-30-10-2-11-31-67)68-32-12-3-13-33-68)60-66(59-64)63-52-56-74(57-53-63)88(72-40-20-7-21-41-72)82-49-27-45-78-76-43-23-25-47-80(76)86(84(78)82,69-34-14-4-15-35-69)70-36-16-5-17-37-70/h1-60H. The maximum absolute atomic E-state index is 2.47. The van der Waals surface area contributed by atoms with Crippen molar-refractivity contribution in [2.75, 3.05) is 9.80 Å². The van der Waals surface area contributed by atoms with E-state index < -0.39 is 10.8 Å². The number of nitrogens with zero attached hydrogens (tertiary/aromatic N) is 2. The summed E-state index contributed by atoms with van der Waals surface area (Å²) in [5.74, 6) is 0. The summed E-state index contributed by atoms with van der Waals surface area (Å²) in [5.41, 5.74) is 27.4. The molecule has 0 N–H and O–H groups in total. The number of hydrogen-bond acceptors (Lipinski definition) is 2. The number of benzene rings is 14. The molecular formula is C86H60N2. The first-order chi connectivity index (χ1) is 43.7. The molecule has 414 valence electrons. The molecule has 0 saturated carbocycles. The lowest BCUT2D eigenvalue weighted by Crippen LogP contribution is -2.30. The summed E-state index contributed by atoms with van der Waals surface area (Å²) in [6, 6.07) is 134. The van der Waals surface area contributed by atoms with Gasteiger partial charge in [0, 0.05) is 33.9 Å². The smallest absolute Gasteiger partial charge is 0.0734 e. The molecule has 0 spiro atoms. The second-order valence-electron chi connectivity index (χ2n) is 23.1. The third-order valence-electron chi connectivity index (χ3n) is 18.4. The van der Waals surface area contributed by atoms with E-state index in [0.29, 0.717) is 0 Å². The molecule has 14 aromatic rings. The van der Waals surface area contributed by atoms with Crippen LogP contribution in [0, 0.1) is 0 Å². The summed E-state index contributed by atoms with van der Waals surface area (Å²) in [5, 5.41) is 0. The van der Waals surface area contributed by atoms with Gasteiger partial charge in [-0.2, -0.15) is 0 Å². The van der Waals surface area contributed by atoms with Crippen molar-refractivity contribution in [1.82, 2.24) is 0 Å². The minimum atomic E-state index is -0.588. The Morgan fingerprint density at radius 2 is 0.443 bits per heavy atom. The lowest BCUT2D eigenvalue weighted by atomic mass is 9.67. The van der Waals surface area contributed by atoms with Gasteiger partial charge in [0.15, 0.2) is 0 Å². The van der Waals surface area contributed by atoms with E-state index in [-0.39, 0.29) is 0 Å². The summed E-state index contributed by atoms with van der Waals surface area (Å²) in [6.45, 7) is 0. The second-order valence-corrected chi connectivity index (χ2v) is 23.1. The molecule has 16 rings (SSSR count). The number of hydrogen-bond donors (Lipinski definition) is 0. The molecule has 14 aromatic carbocycles. The fraction of sp³-hybridized carbons (Fsp3) is 0.0233. The minimum Gasteiger partial charge on any atom is -0.310 e. The Bertz CT molecular complexity index is 4430. The molecule has 2 aliphatic carbocycles. The first-order valence-corrected chi connectivity index (χ1v) is 30.5. The van der Waals surface area contributed by atoms with Gasteiger partial charge in [0.05, 0.1) is 22.2 Å². The van der Waals surface area contributed by atoms with E-state index in [1.54, 1.807) is 0 Å². The molecule has 0 amide bonds. The maximum Gasteiger partial charge on any atom is 0.0734 e. The van der Waals surface area contributed by atoms with Crippen LogP contribution in [0.5, 0.6) is 0 Å². The molecule has 2 aliphatic rings. The van der Waals surface area contributed by atoms with Crippen LogP contribution in [0.1, 0.15) is 44.5 Å². The van der Waals surface area contributed by atoms with Gasteiger partial charge in [-0.3, -0.25) is 0 Å². The van der Waals surface area contributed by atoms with Crippen LogP contribution < -0.4 is 9.80 Å². The van der Waals surface area contributed by atoms with Crippen molar-refractivity contribution >= 4 is 34.1 Å². The highest BCUT2D eigenvalue weighted by Crippen LogP contribution is 2.62. The predicted octanol–water partition coefficient (Wildman–Crippen LogP) is 22.4. The SMILES string of the molecule is c1ccc(-c2cc(-c3ccc(N(c4ccccc4)c4cccc5c4C(c4ccccc4)(c4ccccc4)c4ccccc4-5)cc3)cc(-c3ccc(N(c4ccccc4)c4cccc5c4C(c4ccccc4)(c4ccccc4)c4ccccc4-5)cc3)c2)cc1. The van der Waals surface area contributed by atoms with E-state index in [4.69, 9.17) is 0 Å². The van der Waals surface area contributed by atoms with Crippen LogP contribution >= 0.6 is 0 Å². The molecule has 0 bridgehead atoms. The zero-order valence-electron chi connectivity index (χ0n) is 48.5. The molecule has 0 aromatic heterocycles. The van der Waals surface area contributed by atoms with Crippen molar-refractivity contribution in [3.8, 4) is 55.6 Å². The average Bonchev–Trinajstić information content (AvgIpc) is 1.56. The van der Waals surface area contributed by atoms with E-state index in [0.717, 1.165) is 61.9 Å². The molecule has 0 saturated heterocycles. The highest BCUT2D eigenvalue weighted by Gasteiger charge is 2.50. The number of rotatable bonds is 13. The van der Waals surface area contributed by atoms with Crippen molar-refractivity contribution in [3.63, 3.8) is 0 Å². The predicted molar refractivity (Wildman–Crippen MR) is 367 cm³/mol. The lowest BCUT2D eigenvalue weighted by molar-refractivity contribution is 0.768. The van der Waals surface area contributed by atoms with Gasteiger partial charge in [0.25, 0.3) is 0 Å². The largest absolute Gasteiger partial charge is 0.310 e. The van der Waals surface area contributed by atoms with Crippen molar-refractivity contribution in [2.45, 2.75) is 10.8 Å². The van der Waals surface area contributed by atoms with Crippen LogP contribution in [-0.2, 0) is 10.8 Å². The quantitative estimate of drug-likeness (QED) is 0.114. The van der Waals surface area contributed by atoms with Gasteiger partial charge in [-0.25, -0.2) is 0 Å². The molecule has 2 nitrogen and oxygen atoms in total. The Kier molecular flexibility index (Phi) is 13.0. The molecule has 0 fully saturated rings. The zero-order chi connectivity index (χ0) is 58.4. The molecule has 0 atom stereocenters. The fourth-order valence-corrected chi connectivity index (χ4v) is 14.7. The highest BCUT2D eigenvalue weighted by molar-refractivity contribution is 5.97. The normalized spacial score (nSPS) is 13.0. The van der Waals surface area contributed by atoms with Crippen LogP contribution in [0.2, 0.25) is 0 Å². The molecular weight excluding hydrogens is 1060 g/mol. The first kappa shape index (κ1) is 52.3. The molecule has 0 unspecified atom stereocenters. The zero-order valence-corrected chi connectivity index (χ0v) is 48.5. The fourth-order valence-electron chi connectivity index (χ4n) is 14.7. The summed E-state index contributed by atoms with van der Waals surface area (Å²) >= 11 is 0. The third-order valence-corrected chi connectivity index (χ3v) is 18.4. The highest BCUT2D eigenvalue weighted by atomic mass is 15.2. The Hall–Kier alpha value is -11.3. The molecule has 88 heavy (non-hydrogen) atoms. The van der Waals surface area contributed by atoms with Crippen LogP contribution in [0.4, 0.5) is 34.1 Å². The Balaban J connectivity index is 0.821. The van der Waals surface area contributed by atoms with Crippen molar-refractivity contribution in [2.24, 2.45) is 0 Å². The third kappa shape index (κ3) is 8.48. The van der Waals surface area contributed by atoms with Gasteiger partial charge < -0.3 is 9.80 Å². The van der Waals surface area contributed by atoms with Crippen molar-refractivity contribution in [1.29, 1.82) is 0 Å². The van der Waals surface area contributed by atoms with Crippen LogP contribution in [-0.4, -0.2) is 0 Å². The summed E-state index contributed by atoms with van der Waals surface area (Å²) < 4.78 is 0. The molecule has 0 heterocycles. The number of para-hydroxylation sites is 2. The minimum absolute atomic E-state index is 0.588. The van der Waals surface area contributed by atoms with Gasteiger partial charge in [-0.05, 0) is 168 Å². The number of fused-ring (bicyclic) bond motifs is 6. The Morgan fingerprint density at radius 3 is 0.784 bits per heavy atom. The van der Waals surface area contributed by atoms with E-state index in [2.05, 4.69) is 374 Å². The van der Waals surface area contributed by atoms with Gasteiger partial charge in [0.2, 0.25) is 0 Å². The molecule has 0 radical (unpaired) electrons. The number of anilines is 6. The lowest BCUT2D eigenvalue weighted by Gasteiger charge is -2.38. The van der Waals surface area contributed by atoms with Crippen LogP contribution in [0.15, 0.2) is 364 Å². The second kappa shape index (κ2) is 21.9. The summed E-state index contributed by atoms with van der Waals surface area (Å²) in [7, 11) is 0. The van der Waals surface area contributed by atoms with Gasteiger partial charge in [-0.1, -0.05) is 285 Å². The van der Waals surface area contributed by atoms with Crippen molar-refractivity contribution < 1.29 is 0 Å². The van der Waals surface area contributed by atoms with E-state index in [1.807, 2.05) is 0 Å². The van der Waals surface area contributed by atoms with E-state index in [1.165, 1.54) is 72.3 Å². The topological polar surface area (TPSA) is 6.48 Å². The van der Waals surface area contributed by atoms with Crippen molar-refractivity contribution in [3.05, 3.63) is 408 Å². The molecule has 2 heteroatoms. The van der Waals surface area contributed by atoms with Gasteiger partial charge >= 0.3 is 0 Å². The Morgan fingerprint density at radius 1 is 0.182 bits per heavy atom. The maximum atomic E-state index is 2.47. The molecule has 0 aliphatic heterocycles. The van der Waals surface area contributed by atoms with Gasteiger partial charge in [0.1, 0.15) is 0 Å². The van der Waals surface area contributed by atoms with E-state index >= 15 is 0 Å². The average molecular weight is 1120 g/mol. The summed E-state index contributed by atoms with van der Waals surface area (Å²) in [4.78, 5) is 4.93. The van der Waals surface area contributed by atoms with Crippen LogP contribution in [0.3, 0.4) is 0 Å². The first-order valence-electron chi connectivity index (χ1n) is 30.5.